The molecule has 1 aliphatic heterocycles. The standard InChI is InChI=1S/C16H24N4O2/c1-11-14(12(2)22-18-11)10-20-7-4-13(5-8-20)15(21)16-17-6-9-19(16)3/h6,9,13,15,21H,4-5,7-8,10H2,1-3H3/t15-/m1/s1. The lowest BCUT2D eigenvalue weighted by Gasteiger charge is -2.33. The first kappa shape index (κ1) is 15.2. The summed E-state index contributed by atoms with van der Waals surface area (Å²) in [6.45, 7) is 6.80. The first-order valence-corrected chi connectivity index (χ1v) is 7.85. The van der Waals surface area contributed by atoms with E-state index >= 15 is 0 Å². The van der Waals surface area contributed by atoms with E-state index in [0.717, 1.165) is 49.8 Å². The number of likely N-dealkylation sites (tertiary alicyclic amines) is 1. The largest absolute Gasteiger partial charge is 0.385 e. The van der Waals surface area contributed by atoms with Crippen LogP contribution in [0, 0.1) is 19.8 Å². The molecule has 0 amide bonds. The van der Waals surface area contributed by atoms with Crippen molar-refractivity contribution in [3.05, 3.63) is 35.2 Å². The maximum Gasteiger partial charge on any atom is 0.138 e. The molecule has 2 aromatic heterocycles. The zero-order valence-electron chi connectivity index (χ0n) is 13.5. The minimum absolute atomic E-state index is 0.280. The normalized spacial score (nSPS) is 18.7. The van der Waals surface area contributed by atoms with Crippen LogP contribution in [0.5, 0.6) is 0 Å². The lowest BCUT2D eigenvalue weighted by atomic mass is 9.90. The average molecular weight is 304 g/mol. The van der Waals surface area contributed by atoms with Gasteiger partial charge < -0.3 is 14.2 Å². The van der Waals surface area contributed by atoms with E-state index in [1.54, 1.807) is 6.20 Å². The number of aliphatic hydroxyl groups is 1. The minimum Gasteiger partial charge on any atom is -0.385 e. The van der Waals surface area contributed by atoms with Crippen LogP contribution >= 0.6 is 0 Å². The second-order valence-corrected chi connectivity index (χ2v) is 6.26. The number of imidazole rings is 1. The summed E-state index contributed by atoms with van der Waals surface area (Å²) in [5.74, 6) is 1.96. The fraction of sp³-hybridized carbons (Fsp3) is 0.625. The zero-order valence-corrected chi connectivity index (χ0v) is 13.5. The SMILES string of the molecule is Cc1noc(C)c1CN1CCC([C@@H](O)c2nccn2C)CC1. The second kappa shape index (κ2) is 6.22. The number of hydrogen-bond donors (Lipinski definition) is 1. The summed E-state index contributed by atoms with van der Waals surface area (Å²) in [4.78, 5) is 6.68. The molecule has 1 saturated heterocycles. The van der Waals surface area contributed by atoms with Gasteiger partial charge in [0.15, 0.2) is 0 Å². The summed E-state index contributed by atoms with van der Waals surface area (Å²) in [5, 5.41) is 14.5. The van der Waals surface area contributed by atoms with Crippen LogP contribution < -0.4 is 0 Å². The van der Waals surface area contributed by atoms with Crippen LogP contribution in [-0.4, -0.2) is 37.8 Å². The Morgan fingerprint density at radius 1 is 1.36 bits per heavy atom. The summed E-state index contributed by atoms with van der Waals surface area (Å²) in [5.41, 5.74) is 2.18. The maximum atomic E-state index is 10.5. The van der Waals surface area contributed by atoms with Crippen LogP contribution in [0.25, 0.3) is 0 Å². The molecule has 1 atom stereocenters. The summed E-state index contributed by atoms with van der Waals surface area (Å²) < 4.78 is 7.13. The van der Waals surface area contributed by atoms with Crippen LogP contribution in [-0.2, 0) is 13.6 Å². The molecule has 0 radical (unpaired) electrons. The molecular formula is C16H24N4O2. The van der Waals surface area contributed by atoms with Crippen molar-refractivity contribution < 1.29 is 9.63 Å². The van der Waals surface area contributed by atoms with Crippen molar-refractivity contribution >= 4 is 0 Å². The van der Waals surface area contributed by atoms with Crippen molar-refractivity contribution in [2.75, 3.05) is 13.1 Å². The van der Waals surface area contributed by atoms with Gasteiger partial charge in [0, 0.05) is 31.5 Å². The Labute approximate surface area is 130 Å². The summed E-state index contributed by atoms with van der Waals surface area (Å²) in [6.07, 6.45) is 5.12. The van der Waals surface area contributed by atoms with Gasteiger partial charge in [-0.25, -0.2) is 4.98 Å². The Morgan fingerprint density at radius 3 is 2.64 bits per heavy atom. The van der Waals surface area contributed by atoms with E-state index in [4.69, 9.17) is 4.52 Å². The van der Waals surface area contributed by atoms with Gasteiger partial charge in [0.25, 0.3) is 0 Å². The van der Waals surface area contributed by atoms with E-state index < -0.39 is 6.10 Å². The number of aryl methyl sites for hydroxylation is 3. The number of piperidine rings is 1. The molecule has 120 valence electrons. The van der Waals surface area contributed by atoms with Gasteiger partial charge >= 0.3 is 0 Å². The fourth-order valence-corrected chi connectivity index (χ4v) is 3.25. The van der Waals surface area contributed by atoms with Gasteiger partial charge in [0.1, 0.15) is 17.7 Å². The van der Waals surface area contributed by atoms with Gasteiger partial charge in [0.05, 0.1) is 5.69 Å². The fourth-order valence-electron chi connectivity index (χ4n) is 3.25. The van der Waals surface area contributed by atoms with Crippen molar-refractivity contribution in [1.29, 1.82) is 0 Å². The molecule has 0 aliphatic carbocycles. The van der Waals surface area contributed by atoms with Crippen molar-refractivity contribution in [2.45, 2.75) is 39.3 Å². The summed E-state index contributed by atoms with van der Waals surface area (Å²) in [6, 6.07) is 0. The molecule has 22 heavy (non-hydrogen) atoms. The Morgan fingerprint density at radius 2 is 2.09 bits per heavy atom. The molecule has 3 heterocycles. The van der Waals surface area contributed by atoms with E-state index in [0.29, 0.717) is 0 Å². The molecule has 1 aliphatic rings. The first-order valence-electron chi connectivity index (χ1n) is 7.85. The van der Waals surface area contributed by atoms with Crippen LogP contribution in [0.1, 0.15) is 41.8 Å². The topological polar surface area (TPSA) is 67.3 Å². The van der Waals surface area contributed by atoms with Crippen molar-refractivity contribution in [3.8, 4) is 0 Å². The van der Waals surface area contributed by atoms with Crippen molar-refractivity contribution in [1.82, 2.24) is 19.6 Å². The smallest absolute Gasteiger partial charge is 0.138 e. The molecule has 6 nitrogen and oxygen atoms in total. The number of nitrogens with zero attached hydrogens (tertiary/aromatic N) is 4. The quantitative estimate of drug-likeness (QED) is 0.935. The molecule has 0 aromatic carbocycles. The predicted molar refractivity (Wildman–Crippen MR) is 82.1 cm³/mol. The molecule has 1 N–H and O–H groups in total. The van der Waals surface area contributed by atoms with Crippen LogP contribution in [0.15, 0.2) is 16.9 Å². The Balaban J connectivity index is 1.58. The van der Waals surface area contributed by atoms with Gasteiger partial charge in [-0.15, -0.1) is 0 Å². The predicted octanol–water partition coefficient (Wildman–Crippen LogP) is 1.97. The van der Waals surface area contributed by atoms with Gasteiger partial charge in [-0.1, -0.05) is 5.16 Å². The minimum atomic E-state index is -0.471. The van der Waals surface area contributed by atoms with E-state index in [2.05, 4.69) is 15.0 Å². The highest BCUT2D eigenvalue weighted by atomic mass is 16.5. The highest BCUT2D eigenvalue weighted by Crippen LogP contribution is 2.30. The van der Waals surface area contributed by atoms with Crippen molar-refractivity contribution in [3.63, 3.8) is 0 Å². The van der Waals surface area contributed by atoms with Gasteiger partial charge in [0.2, 0.25) is 0 Å². The van der Waals surface area contributed by atoms with Crippen molar-refractivity contribution in [2.24, 2.45) is 13.0 Å². The molecule has 0 bridgehead atoms. The molecule has 3 rings (SSSR count). The Bertz CT molecular complexity index is 606. The van der Waals surface area contributed by atoms with E-state index in [-0.39, 0.29) is 5.92 Å². The lowest BCUT2D eigenvalue weighted by Crippen LogP contribution is -2.35. The number of hydrogen-bond acceptors (Lipinski definition) is 5. The van der Waals surface area contributed by atoms with E-state index in [9.17, 15) is 5.11 Å². The average Bonchev–Trinajstić information content (AvgIpc) is 3.08. The number of aromatic nitrogens is 3. The second-order valence-electron chi connectivity index (χ2n) is 6.26. The van der Waals surface area contributed by atoms with Crippen LogP contribution in [0.3, 0.4) is 0 Å². The molecule has 1 fully saturated rings. The third-order valence-electron chi connectivity index (χ3n) is 4.76. The Hall–Kier alpha value is -1.66. The Kier molecular flexibility index (Phi) is 4.31. The third kappa shape index (κ3) is 2.94. The van der Waals surface area contributed by atoms with E-state index in [1.165, 1.54) is 5.56 Å². The lowest BCUT2D eigenvalue weighted by molar-refractivity contribution is 0.0490. The first-order chi connectivity index (χ1) is 10.6. The molecule has 6 heteroatoms. The number of rotatable bonds is 4. The summed E-state index contributed by atoms with van der Waals surface area (Å²) in [7, 11) is 1.93. The summed E-state index contributed by atoms with van der Waals surface area (Å²) >= 11 is 0. The molecule has 2 aromatic rings. The maximum absolute atomic E-state index is 10.5. The molecular weight excluding hydrogens is 280 g/mol. The molecule has 0 saturated carbocycles. The van der Waals surface area contributed by atoms with Gasteiger partial charge in [-0.3, -0.25) is 4.90 Å². The van der Waals surface area contributed by atoms with Gasteiger partial charge in [-0.2, -0.15) is 0 Å². The van der Waals surface area contributed by atoms with Crippen LogP contribution in [0.2, 0.25) is 0 Å². The number of aliphatic hydroxyl groups excluding tert-OH is 1. The molecule has 0 unspecified atom stereocenters. The highest BCUT2D eigenvalue weighted by molar-refractivity contribution is 5.20. The highest BCUT2D eigenvalue weighted by Gasteiger charge is 2.29. The van der Waals surface area contributed by atoms with Gasteiger partial charge in [-0.05, 0) is 45.7 Å². The zero-order chi connectivity index (χ0) is 15.7. The molecule has 0 spiro atoms. The van der Waals surface area contributed by atoms with Crippen LogP contribution in [0.4, 0.5) is 0 Å². The third-order valence-corrected chi connectivity index (χ3v) is 4.76. The van der Waals surface area contributed by atoms with E-state index in [1.807, 2.05) is 31.7 Å². The monoisotopic (exact) mass is 304 g/mol.